The Labute approximate surface area is 152 Å². The van der Waals surface area contributed by atoms with Gasteiger partial charge in [0.1, 0.15) is 0 Å². The summed E-state index contributed by atoms with van der Waals surface area (Å²) < 4.78 is 4.89. The van der Waals surface area contributed by atoms with Crippen LogP contribution in [0, 0.1) is 10.1 Å². The molecule has 0 unspecified atom stereocenters. The van der Waals surface area contributed by atoms with E-state index in [1.807, 2.05) is 12.1 Å². The maximum atomic E-state index is 12.4. The molecular formula is C20H12N2O5. The van der Waals surface area contributed by atoms with Gasteiger partial charge in [0.25, 0.3) is 5.69 Å². The molecule has 1 aliphatic carbocycles. The highest BCUT2D eigenvalue weighted by molar-refractivity contribution is 6.33. The average Bonchev–Trinajstić information content (AvgIpc) is 3.04. The molecule has 0 atom stereocenters. The summed E-state index contributed by atoms with van der Waals surface area (Å²) in [6.45, 7) is 0. The molecule has 3 aromatic rings. The Hall–Kier alpha value is -4.00. The van der Waals surface area contributed by atoms with Gasteiger partial charge in [-0.05, 0) is 23.3 Å². The lowest BCUT2D eigenvalue weighted by Crippen LogP contribution is -2.06. The first-order chi connectivity index (χ1) is 13.0. The van der Waals surface area contributed by atoms with Crippen LogP contribution in [0.25, 0.3) is 29.0 Å². The van der Waals surface area contributed by atoms with Crippen molar-refractivity contribution in [1.82, 2.24) is 5.16 Å². The van der Waals surface area contributed by atoms with Gasteiger partial charge in [-0.1, -0.05) is 42.5 Å². The molecule has 0 aliphatic heterocycles. The summed E-state index contributed by atoms with van der Waals surface area (Å²) in [5, 5.41) is 13.5. The van der Waals surface area contributed by atoms with Gasteiger partial charge >= 0.3 is 5.63 Å². The summed E-state index contributed by atoms with van der Waals surface area (Å²) in [4.78, 5) is 35.1. The largest absolute Gasteiger partial charge is 0.365 e. The third-order valence-corrected chi connectivity index (χ3v) is 4.30. The molecule has 0 saturated carbocycles. The Morgan fingerprint density at radius 1 is 1.04 bits per heavy atom. The van der Waals surface area contributed by atoms with Crippen molar-refractivity contribution in [3.63, 3.8) is 0 Å². The zero-order chi connectivity index (χ0) is 19.0. The number of carbonyl (C=O) groups excluding carboxylic acids is 1. The number of non-ortho nitro benzene ring substituents is 1. The number of benzene rings is 2. The molecule has 0 bridgehead atoms. The third kappa shape index (κ3) is 2.91. The first kappa shape index (κ1) is 16.5. The Morgan fingerprint density at radius 2 is 1.85 bits per heavy atom. The molecule has 0 saturated heterocycles. The number of ketones is 1. The van der Waals surface area contributed by atoms with Gasteiger partial charge in [-0.25, -0.2) is 9.95 Å². The summed E-state index contributed by atoms with van der Waals surface area (Å²) >= 11 is 0. The summed E-state index contributed by atoms with van der Waals surface area (Å²) in [7, 11) is 0. The molecule has 4 rings (SSSR count). The van der Waals surface area contributed by atoms with Gasteiger partial charge in [-0.3, -0.25) is 14.9 Å². The number of allylic oxidation sites excluding steroid dienone is 2. The van der Waals surface area contributed by atoms with Gasteiger partial charge < -0.3 is 4.52 Å². The molecule has 0 amide bonds. The number of nitro benzene ring substituents is 1. The Kier molecular flexibility index (Phi) is 3.89. The van der Waals surface area contributed by atoms with Crippen LogP contribution in [0.2, 0.25) is 0 Å². The van der Waals surface area contributed by atoms with Crippen LogP contribution in [0.4, 0.5) is 5.69 Å². The van der Waals surface area contributed by atoms with E-state index >= 15 is 0 Å². The monoisotopic (exact) mass is 360 g/mol. The molecule has 7 nitrogen and oxygen atoms in total. The fraction of sp³-hybridized carbons (Fsp3) is 0. The number of rotatable bonds is 3. The quantitative estimate of drug-likeness (QED) is 0.436. The van der Waals surface area contributed by atoms with E-state index in [-0.39, 0.29) is 22.7 Å². The van der Waals surface area contributed by atoms with Crippen molar-refractivity contribution in [2.75, 3.05) is 0 Å². The van der Waals surface area contributed by atoms with E-state index in [0.717, 1.165) is 5.56 Å². The zero-order valence-corrected chi connectivity index (χ0v) is 13.8. The van der Waals surface area contributed by atoms with E-state index < -0.39 is 10.5 Å². The highest BCUT2D eigenvalue weighted by atomic mass is 16.6. The number of fused-ring (bicyclic) bond motifs is 1. The Balaban J connectivity index is 1.89. The summed E-state index contributed by atoms with van der Waals surface area (Å²) in [6.07, 6.45) is 4.62. The number of aromatic nitrogens is 1. The van der Waals surface area contributed by atoms with Crippen molar-refractivity contribution in [1.29, 1.82) is 0 Å². The molecule has 1 N–H and O–H groups in total. The fourth-order valence-electron chi connectivity index (χ4n) is 3.00. The Bertz CT molecular complexity index is 1200. The van der Waals surface area contributed by atoms with E-state index in [2.05, 4.69) is 5.16 Å². The smallest absolute Gasteiger partial charge is 0.338 e. The van der Waals surface area contributed by atoms with E-state index in [1.54, 1.807) is 24.3 Å². The lowest BCUT2D eigenvalue weighted by atomic mass is 9.90. The van der Waals surface area contributed by atoms with Crippen LogP contribution in [-0.4, -0.2) is 15.9 Å². The molecule has 1 aliphatic rings. The average molecular weight is 360 g/mol. The van der Waals surface area contributed by atoms with Crippen LogP contribution < -0.4 is 5.63 Å². The number of hydrogen-bond donors (Lipinski definition) is 1. The first-order valence-corrected chi connectivity index (χ1v) is 8.04. The molecule has 2 aromatic carbocycles. The fourth-order valence-corrected chi connectivity index (χ4v) is 3.00. The number of H-pyrrole nitrogens is 1. The molecule has 0 radical (unpaired) electrons. The number of nitro groups is 1. The van der Waals surface area contributed by atoms with Crippen molar-refractivity contribution in [2.24, 2.45) is 0 Å². The van der Waals surface area contributed by atoms with E-state index in [9.17, 15) is 19.7 Å². The Morgan fingerprint density at radius 3 is 2.67 bits per heavy atom. The predicted octanol–water partition coefficient (Wildman–Crippen LogP) is 3.68. The van der Waals surface area contributed by atoms with E-state index in [1.165, 1.54) is 30.4 Å². The number of nitrogens with one attached hydrogen (secondary N) is 1. The lowest BCUT2D eigenvalue weighted by molar-refractivity contribution is -0.384. The van der Waals surface area contributed by atoms with Crippen molar-refractivity contribution in [3.05, 3.63) is 91.8 Å². The van der Waals surface area contributed by atoms with Crippen molar-refractivity contribution in [2.45, 2.75) is 0 Å². The van der Waals surface area contributed by atoms with Gasteiger partial charge in [0.05, 0.1) is 16.2 Å². The minimum absolute atomic E-state index is 0.116. The highest BCUT2D eigenvalue weighted by Gasteiger charge is 2.21. The third-order valence-electron chi connectivity index (χ3n) is 4.30. The number of hydrogen-bond acceptors (Lipinski definition) is 5. The molecule has 0 fully saturated rings. The van der Waals surface area contributed by atoms with E-state index in [0.29, 0.717) is 16.7 Å². The SMILES string of the molecule is O=C1C=Cc2ccccc2/C1=C\c1c(-c2cccc([N+](=O)[O-])c2)[nH]oc1=O. The molecule has 0 spiro atoms. The topological polar surface area (TPSA) is 106 Å². The van der Waals surface area contributed by atoms with Gasteiger partial charge in [-0.15, -0.1) is 0 Å². The second kappa shape index (κ2) is 6.38. The second-order valence-corrected chi connectivity index (χ2v) is 5.93. The van der Waals surface area contributed by atoms with E-state index in [4.69, 9.17) is 4.52 Å². The minimum Gasteiger partial charge on any atom is -0.338 e. The normalized spacial score (nSPS) is 14.4. The van der Waals surface area contributed by atoms with Crippen LogP contribution >= 0.6 is 0 Å². The van der Waals surface area contributed by atoms with Gasteiger partial charge in [0, 0.05) is 23.3 Å². The van der Waals surface area contributed by atoms with Gasteiger partial charge in [0.15, 0.2) is 5.78 Å². The number of nitrogens with zero attached hydrogens (tertiary/aromatic N) is 1. The predicted molar refractivity (Wildman–Crippen MR) is 99.8 cm³/mol. The van der Waals surface area contributed by atoms with Crippen molar-refractivity contribution in [3.8, 4) is 11.3 Å². The van der Waals surface area contributed by atoms with Gasteiger partial charge in [0.2, 0.25) is 0 Å². The van der Waals surface area contributed by atoms with Crippen LogP contribution in [0.5, 0.6) is 0 Å². The number of carbonyl (C=O) groups is 1. The standard InChI is InChI=1S/C20H12N2O5/c23-18-9-8-12-4-1-2-7-15(12)16(18)11-17-19(21-27-20(17)24)13-5-3-6-14(10-13)22(25)26/h1-11,21H/b16-11+. The zero-order valence-electron chi connectivity index (χ0n) is 13.8. The van der Waals surface area contributed by atoms with Crippen LogP contribution in [-0.2, 0) is 4.79 Å². The van der Waals surface area contributed by atoms with Crippen LogP contribution in [0.1, 0.15) is 16.7 Å². The molecule has 7 heteroatoms. The van der Waals surface area contributed by atoms with Crippen LogP contribution in [0.15, 0.2) is 63.9 Å². The van der Waals surface area contributed by atoms with Crippen molar-refractivity contribution >= 4 is 29.2 Å². The minimum atomic E-state index is -0.663. The molecule has 1 heterocycles. The summed E-state index contributed by atoms with van der Waals surface area (Å²) in [5.74, 6) is -0.237. The lowest BCUT2D eigenvalue weighted by Gasteiger charge is -2.12. The van der Waals surface area contributed by atoms with Crippen LogP contribution in [0.3, 0.4) is 0 Å². The maximum Gasteiger partial charge on any atom is 0.365 e. The van der Waals surface area contributed by atoms with Gasteiger partial charge in [-0.2, -0.15) is 0 Å². The molecule has 27 heavy (non-hydrogen) atoms. The highest BCUT2D eigenvalue weighted by Crippen LogP contribution is 2.31. The summed E-state index contributed by atoms with van der Waals surface area (Å²) in [6, 6.07) is 13.1. The summed E-state index contributed by atoms with van der Waals surface area (Å²) in [5.41, 5.74) is 1.95. The molecular weight excluding hydrogens is 348 g/mol. The number of aromatic amines is 1. The second-order valence-electron chi connectivity index (χ2n) is 5.93. The molecule has 1 aromatic heterocycles. The molecule has 132 valence electrons. The first-order valence-electron chi connectivity index (χ1n) is 8.04. The van der Waals surface area contributed by atoms with Crippen molar-refractivity contribution < 1.29 is 14.2 Å². The maximum absolute atomic E-state index is 12.4.